The Morgan fingerprint density at radius 1 is 0.976 bits per heavy atom. The second-order valence-electron chi connectivity index (χ2n) is 11.0. The number of nitrogens with one attached hydrogen (secondary N) is 1. The van der Waals surface area contributed by atoms with Gasteiger partial charge in [0.25, 0.3) is 0 Å². The van der Waals surface area contributed by atoms with Crippen molar-refractivity contribution in [2.75, 3.05) is 14.2 Å². The van der Waals surface area contributed by atoms with Gasteiger partial charge in [0.15, 0.2) is 0 Å². The molecule has 0 aliphatic heterocycles. The van der Waals surface area contributed by atoms with Gasteiger partial charge < -0.3 is 30.5 Å². The second kappa shape index (κ2) is 12.5. The van der Waals surface area contributed by atoms with Crippen molar-refractivity contribution in [1.29, 1.82) is 0 Å². The average Bonchev–Trinajstić information content (AvgIpc) is 3.60. The summed E-state index contributed by atoms with van der Waals surface area (Å²) >= 11 is 0. The Labute approximate surface area is 245 Å². The van der Waals surface area contributed by atoms with E-state index in [-0.39, 0.29) is 5.92 Å². The molecular formula is C33H38N6O3. The van der Waals surface area contributed by atoms with Gasteiger partial charge in [0.05, 0.1) is 26.3 Å². The fraction of sp³-hybridized carbons (Fsp3) is 0.303. The van der Waals surface area contributed by atoms with Gasteiger partial charge in [0.2, 0.25) is 5.91 Å². The van der Waals surface area contributed by atoms with Crippen LogP contribution in [0.2, 0.25) is 0 Å². The van der Waals surface area contributed by atoms with Gasteiger partial charge in [-0.15, -0.1) is 10.2 Å². The molecule has 2 heterocycles. The lowest BCUT2D eigenvalue weighted by Crippen LogP contribution is -2.50. The number of hydrogen-bond acceptors (Lipinski definition) is 6. The molecule has 9 heteroatoms. The zero-order valence-electron chi connectivity index (χ0n) is 24.3. The number of primary amides is 1. The highest BCUT2D eigenvalue weighted by Gasteiger charge is 2.34. The number of H-pyrrole nitrogens is 1. The first-order chi connectivity index (χ1) is 20.3. The maximum absolute atomic E-state index is 12.4. The van der Waals surface area contributed by atoms with E-state index in [1.807, 2.05) is 60.8 Å². The summed E-state index contributed by atoms with van der Waals surface area (Å²) in [4.78, 5) is 15.8. The summed E-state index contributed by atoms with van der Waals surface area (Å²) in [5, 5.41) is 10.6. The van der Waals surface area contributed by atoms with Gasteiger partial charge in [-0.3, -0.25) is 4.79 Å². The van der Waals surface area contributed by atoms with E-state index in [2.05, 4.69) is 32.8 Å². The number of aromatic nitrogens is 4. The maximum Gasteiger partial charge on any atom is 0.237 e. The number of amides is 1. The van der Waals surface area contributed by atoms with Crippen LogP contribution in [-0.4, -0.2) is 45.4 Å². The number of fused-ring (bicyclic) bond motifs is 1. The largest absolute Gasteiger partial charge is 0.497 e. The molecule has 9 nitrogen and oxygen atoms in total. The lowest BCUT2D eigenvalue weighted by atomic mass is 9.84. The number of nitrogens with two attached hydrogens (primary N) is 2. The van der Waals surface area contributed by atoms with Crippen LogP contribution >= 0.6 is 0 Å². The van der Waals surface area contributed by atoms with Gasteiger partial charge in [-0.25, -0.2) is 0 Å². The molecule has 42 heavy (non-hydrogen) atoms. The Kier molecular flexibility index (Phi) is 8.59. The van der Waals surface area contributed by atoms with Crippen molar-refractivity contribution in [3.8, 4) is 11.5 Å². The predicted octanol–water partition coefficient (Wildman–Crippen LogP) is 4.53. The van der Waals surface area contributed by atoms with E-state index in [4.69, 9.17) is 26.0 Å². The van der Waals surface area contributed by atoms with Crippen LogP contribution in [0.15, 0.2) is 79.0 Å². The predicted molar refractivity (Wildman–Crippen MR) is 164 cm³/mol. The quantitative estimate of drug-likeness (QED) is 0.192. The number of benzene rings is 3. The van der Waals surface area contributed by atoms with E-state index in [1.54, 1.807) is 21.1 Å². The van der Waals surface area contributed by atoms with E-state index in [1.165, 1.54) is 5.56 Å². The van der Waals surface area contributed by atoms with Crippen molar-refractivity contribution in [2.24, 2.45) is 11.5 Å². The van der Waals surface area contributed by atoms with Crippen molar-refractivity contribution in [3.63, 3.8) is 0 Å². The van der Waals surface area contributed by atoms with Crippen LogP contribution < -0.4 is 20.9 Å². The topological polar surface area (TPSA) is 134 Å². The van der Waals surface area contributed by atoms with Gasteiger partial charge in [-0.2, -0.15) is 0 Å². The number of carbonyl (C=O) groups is 1. The monoisotopic (exact) mass is 566 g/mol. The molecule has 0 radical (unpaired) electrons. The van der Waals surface area contributed by atoms with Crippen LogP contribution in [0.5, 0.6) is 11.5 Å². The van der Waals surface area contributed by atoms with Crippen LogP contribution in [0.4, 0.5) is 0 Å². The van der Waals surface area contributed by atoms with E-state index >= 15 is 0 Å². The average molecular weight is 567 g/mol. The summed E-state index contributed by atoms with van der Waals surface area (Å²) in [7, 11) is 3.28. The van der Waals surface area contributed by atoms with Crippen LogP contribution in [0.1, 0.15) is 47.6 Å². The molecule has 218 valence electrons. The van der Waals surface area contributed by atoms with E-state index in [9.17, 15) is 4.79 Å². The number of para-hydroxylation sites is 1. The lowest BCUT2D eigenvalue weighted by Gasteiger charge is -2.27. The molecule has 3 aromatic carbocycles. The van der Waals surface area contributed by atoms with Crippen LogP contribution in [0, 0.1) is 0 Å². The molecule has 1 amide bonds. The minimum atomic E-state index is -1.24. The summed E-state index contributed by atoms with van der Waals surface area (Å²) in [6.07, 6.45) is 4.41. The number of aromatic amines is 1. The Balaban J connectivity index is 1.58. The molecule has 0 fully saturated rings. The van der Waals surface area contributed by atoms with Crippen molar-refractivity contribution in [2.45, 2.75) is 50.6 Å². The first-order valence-electron chi connectivity index (χ1n) is 14.1. The summed E-state index contributed by atoms with van der Waals surface area (Å²) in [5.41, 5.74) is 15.3. The van der Waals surface area contributed by atoms with Gasteiger partial charge in [0, 0.05) is 41.1 Å². The van der Waals surface area contributed by atoms with E-state index in [0.717, 1.165) is 40.1 Å². The highest BCUT2D eigenvalue weighted by Crippen LogP contribution is 2.33. The van der Waals surface area contributed by atoms with Crippen molar-refractivity contribution in [3.05, 3.63) is 107 Å². The van der Waals surface area contributed by atoms with Crippen LogP contribution in [0.25, 0.3) is 10.9 Å². The minimum absolute atomic E-state index is 0.242. The zero-order valence-corrected chi connectivity index (χ0v) is 24.3. The standard InChI is InChI=1S/C33H38N6O3/c1-33(35,32(34)40)19-24(17-25-20-36-28-12-8-7-11-27(25)28)31-38-37-30(16-13-22-9-5-4-6-10-22)39(31)21-23-14-15-26(41-2)18-29(23)42-3/h4-12,14-15,18,20,24,36H,13,16-17,19,21,35H2,1-3H3,(H2,34,40)/t24-,33?/m1/s1. The Bertz CT molecular complexity index is 1660. The zero-order chi connectivity index (χ0) is 29.7. The number of ether oxygens (including phenoxy) is 2. The second-order valence-corrected chi connectivity index (χ2v) is 11.0. The minimum Gasteiger partial charge on any atom is -0.497 e. The molecule has 0 aliphatic rings. The lowest BCUT2D eigenvalue weighted by molar-refractivity contribution is -0.122. The Morgan fingerprint density at radius 2 is 1.74 bits per heavy atom. The van der Waals surface area contributed by atoms with E-state index in [0.29, 0.717) is 37.3 Å². The van der Waals surface area contributed by atoms with Crippen LogP contribution in [-0.2, 0) is 30.6 Å². The Morgan fingerprint density at radius 3 is 2.48 bits per heavy atom. The Hall–Kier alpha value is -4.63. The van der Waals surface area contributed by atoms with Crippen molar-refractivity contribution < 1.29 is 14.3 Å². The normalized spacial score (nSPS) is 13.5. The van der Waals surface area contributed by atoms with Gasteiger partial charge >= 0.3 is 0 Å². The molecular weight excluding hydrogens is 528 g/mol. The first kappa shape index (κ1) is 28.9. The molecule has 5 rings (SSSR count). The number of nitrogens with zero attached hydrogens (tertiary/aromatic N) is 3. The van der Waals surface area contributed by atoms with Crippen molar-refractivity contribution >= 4 is 16.8 Å². The maximum atomic E-state index is 12.4. The number of carbonyl (C=O) groups excluding carboxylic acids is 1. The summed E-state index contributed by atoms with van der Waals surface area (Å²) < 4.78 is 13.3. The SMILES string of the molecule is COc1ccc(Cn2c(CCc3ccccc3)nnc2[C@H](Cc2c[nH]c3ccccc23)CC(C)(N)C(N)=O)c(OC)c1. The van der Waals surface area contributed by atoms with Crippen molar-refractivity contribution in [1.82, 2.24) is 19.7 Å². The summed E-state index contributed by atoms with van der Waals surface area (Å²) in [5.74, 6) is 2.21. The molecule has 0 saturated carbocycles. The highest BCUT2D eigenvalue weighted by atomic mass is 16.5. The number of aryl methyl sites for hydroxylation is 2. The van der Waals surface area contributed by atoms with E-state index < -0.39 is 11.4 Å². The first-order valence-corrected chi connectivity index (χ1v) is 14.1. The molecule has 0 aliphatic carbocycles. The molecule has 2 atom stereocenters. The third-order valence-corrected chi connectivity index (χ3v) is 7.90. The number of methoxy groups -OCH3 is 2. The molecule has 5 aromatic rings. The number of rotatable bonds is 13. The highest BCUT2D eigenvalue weighted by molar-refractivity contribution is 5.84. The molecule has 2 aromatic heterocycles. The van der Waals surface area contributed by atoms with Gasteiger partial charge in [0.1, 0.15) is 23.1 Å². The van der Waals surface area contributed by atoms with Crippen LogP contribution in [0.3, 0.4) is 0 Å². The molecule has 0 bridgehead atoms. The third-order valence-electron chi connectivity index (χ3n) is 7.90. The molecule has 1 unspecified atom stereocenters. The summed E-state index contributed by atoms with van der Waals surface area (Å²) in [6, 6.07) is 24.2. The fourth-order valence-corrected chi connectivity index (χ4v) is 5.50. The molecule has 5 N–H and O–H groups in total. The van der Waals surface area contributed by atoms with Gasteiger partial charge in [-0.05, 0) is 55.5 Å². The molecule has 0 saturated heterocycles. The smallest absolute Gasteiger partial charge is 0.237 e. The third kappa shape index (κ3) is 6.31. The molecule has 0 spiro atoms. The fourth-order valence-electron chi connectivity index (χ4n) is 5.50. The summed E-state index contributed by atoms with van der Waals surface area (Å²) in [6.45, 7) is 2.16. The van der Waals surface area contributed by atoms with Gasteiger partial charge in [-0.1, -0.05) is 48.5 Å². The number of hydrogen-bond donors (Lipinski definition) is 3.